The lowest BCUT2D eigenvalue weighted by Gasteiger charge is -2.33. The van der Waals surface area contributed by atoms with Crippen LogP contribution >= 0.6 is 0 Å². The van der Waals surface area contributed by atoms with Crippen molar-refractivity contribution in [2.24, 2.45) is 5.92 Å². The minimum absolute atomic E-state index is 0.225. The van der Waals surface area contributed by atoms with E-state index in [0.29, 0.717) is 24.8 Å². The van der Waals surface area contributed by atoms with Crippen molar-refractivity contribution in [1.82, 2.24) is 15.5 Å². The van der Waals surface area contributed by atoms with E-state index in [0.717, 1.165) is 54.3 Å². The number of rotatable bonds is 7. The molecule has 4 rings (SSSR count). The monoisotopic (exact) mass is 441 g/mol. The van der Waals surface area contributed by atoms with E-state index in [-0.39, 0.29) is 11.2 Å². The highest BCUT2D eigenvalue weighted by Crippen LogP contribution is 2.25. The summed E-state index contributed by atoms with van der Waals surface area (Å²) < 4.78 is 18.6. The van der Waals surface area contributed by atoms with E-state index in [1.54, 1.807) is 6.07 Å². The predicted octanol–water partition coefficient (Wildman–Crippen LogP) is 3.51. The fourth-order valence-electron chi connectivity index (χ4n) is 4.16. The average Bonchev–Trinajstić information content (AvgIpc) is 3.22. The summed E-state index contributed by atoms with van der Waals surface area (Å²) in [4.78, 5) is 15.8. The maximum atomic E-state index is 13.0. The molecule has 7 heteroatoms. The zero-order valence-corrected chi connectivity index (χ0v) is 19.0. The van der Waals surface area contributed by atoms with Crippen LogP contribution in [0.3, 0.4) is 0 Å². The molecule has 2 aromatic rings. The van der Waals surface area contributed by atoms with Gasteiger partial charge in [0.1, 0.15) is 11.0 Å². The molecular weight excluding hydrogens is 410 g/mol. The predicted molar refractivity (Wildman–Crippen MR) is 123 cm³/mol. The van der Waals surface area contributed by atoms with E-state index < -0.39 is 11.2 Å². The summed E-state index contributed by atoms with van der Waals surface area (Å²) in [6.07, 6.45) is 5.70. The summed E-state index contributed by atoms with van der Waals surface area (Å²) in [6, 6.07) is 9.52. The summed E-state index contributed by atoms with van der Waals surface area (Å²) in [6.45, 7) is 8.65. The summed E-state index contributed by atoms with van der Waals surface area (Å²) in [5.41, 5.74) is 1.91. The van der Waals surface area contributed by atoms with Crippen LogP contribution in [0, 0.1) is 5.92 Å². The molecule has 2 aliphatic rings. The normalized spacial score (nSPS) is 17.9. The molecule has 1 aromatic carbocycles. The molecule has 1 amide bonds. The number of likely N-dealkylation sites (tertiary alicyclic amines) is 1. The zero-order chi connectivity index (χ0) is 21.8. The second-order valence-electron chi connectivity index (χ2n) is 8.72. The Labute approximate surface area is 187 Å². The van der Waals surface area contributed by atoms with Gasteiger partial charge in [-0.25, -0.2) is 0 Å². The smallest absolute Gasteiger partial charge is 0.287 e. The summed E-state index contributed by atoms with van der Waals surface area (Å²) in [7, 11) is 0. The van der Waals surface area contributed by atoms with Crippen LogP contribution in [0.2, 0.25) is 0 Å². The molecule has 31 heavy (non-hydrogen) atoms. The third kappa shape index (κ3) is 5.53. The maximum absolute atomic E-state index is 13.0. The Balaban J connectivity index is 1.28. The molecule has 1 aromatic heterocycles. The van der Waals surface area contributed by atoms with Crippen molar-refractivity contribution in [2.75, 3.05) is 19.6 Å². The van der Waals surface area contributed by atoms with Gasteiger partial charge in [0.15, 0.2) is 10.7 Å². The first-order chi connectivity index (χ1) is 15.0. The van der Waals surface area contributed by atoms with Crippen LogP contribution in [-0.4, -0.2) is 40.2 Å². The third-order valence-electron chi connectivity index (χ3n) is 5.78. The first-order valence-corrected chi connectivity index (χ1v) is 12.2. The molecule has 1 fully saturated rings. The molecule has 0 aliphatic carbocycles. The highest BCUT2D eigenvalue weighted by Gasteiger charge is 2.29. The maximum Gasteiger partial charge on any atom is 0.287 e. The van der Waals surface area contributed by atoms with E-state index in [4.69, 9.17) is 4.42 Å². The largest absolute Gasteiger partial charge is 0.611 e. The van der Waals surface area contributed by atoms with Crippen molar-refractivity contribution in [2.45, 2.75) is 49.9 Å². The van der Waals surface area contributed by atoms with Crippen LogP contribution in [0.1, 0.15) is 54.1 Å². The SMILES string of the molecule is CC(C)CN1CCC([S+]([O-])c2ccc(CNC(=O)c3cc4c(o3)CNC=C4)cc2)CC1. The van der Waals surface area contributed by atoms with Crippen molar-refractivity contribution in [1.29, 1.82) is 0 Å². The van der Waals surface area contributed by atoms with E-state index in [2.05, 4.69) is 29.4 Å². The van der Waals surface area contributed by atoms with Crippen LogP contribution < -0.4 is 10.6 Å². The Kier molecular flexibility index (Phi) is 7.05. The molecule has 0 bridgehead atoms. The van der Waals surface area contributed by atoms with Crippen molar-refractivity contribution in [3.8, 4) is 0 Å². The van der Waals surface area contributed by atoms with Gasteiger partial charge in [-0.15, -0.1) is 0 Å². The third-order valence-corrected chi connectivity index (χ3v) is 7.59. The molecule has 1 saturated heterocycles. The number of nitrogens with zero attached hydrogens (tertiary/aromatic N) is 1. The number of fused-ring (bicyclic) bond motifs is 1. The number of piperidine rings is 1. The van der Waals surface area contributed by atoms with Gasteiger partial charge in [-0.3, -0.25) is 4.79 Å². The van der Waals surface area contributed by atoms with E-state index >= 15 is 0 Å². The van der Waals surface area contributed by atoms with Gasteiger partial charge >= 0.3 is 0 Å². The number of carbonyl (C=O) groups excluding carboxylic acids is 1. The van der Waals surface area contributed by atoms with Crippen LogP contribution in [0.4, 0.5) is 0 Å². The molecule has 2 N–H and O–H groups in total. The van der Waals surface area contributed by atoms with Crippen molar-refractivity contribution < 1.29 is 13.8 Å². The van der Waals surface area contributed by atoms with Crippen LogP contribution in [0.15, 0.2) is 45.8 Å². The Morgan fingerprint density at radius 3 is 2.71 bits per heavy atom. The zero-order valence-electron chi connectivity index (χ0n) is 18.2. The van der Waals surface area contributed by atoms with Crippen molar-refractivity contribution in [3.05, 3.63) is 59.2 Å². The fourth-order valence-corrected chi connectivity index (χ4v) is 5.59. The minimum Gasteiger partial charge on any atom is -0.611 e. The quantitative estimate of drug-likeness (QED) is 0.643. The molecule has 166 valence electrons. The molecule has 2 aliphatic heterocycles. The second kappa shape index (κ2) is 9.94. The number of benzene rings is 1. The van der Waals surface area contributed by atoms with E-state index in [9.17, 15) is 9.35 Å². The van der Waals surface area contributed by atoms with Crippen molar-refractivity contribution in [3.63, 3.8) is 0 Å². The molecule has 3 heterocycles. The summed E-state index contributed by atoms with van der Waals surface area (Å²) >= 11 is -0.986. The van der Waals surface area contributed by atoms with E-state index in [1.165, 1.54) is 0 Å². The fraction of sp³-hybridized carbons (Fsp3) is 0.458. The average molecular weight is 442 g/mol. The molecule has 1 atom stereocenters. The van der Waals surface area contributed by atoms with Crippen LogP contribution in [0.5, 0.6) is 0 Å². The lowest BCUT2D eigenvalue weighted by Crippen LogP contribution is -2.40. The van der Waals surface area contributed by atoms with Gasteiger partial charge in [0.05, 0.1) is 6.54 Å². The molecule has 0 spiro atoms. The number of hydrogen-bond acceptors (Lipinski definition) is 5. The highest BCUT2D eigenvalue weighted by molar-refractivity contribution is 7.92. The van der Waals surface area contributed by atoms with Gasteiger partial charge in [-0.05, 0) is 53.1 Å². The first kappa shape index (κ1) is 22.0. The lowest BCUT2D eigenvalue weighted by atomic mass is 10.1. The number of amides is 1. The van der Waals surface area contributed by atoms with Gasteiger partial charge < -0.3 is 24.5 Å². The van der Waals surface area contributed by atoms with Crippen LogP contribution in [0.25, 0.3) is 6.08 Å². The number of nitrogens with one attached hydrogen (secondary N) is 2. The van der Waals surface area contributed by atoms with Crippen molar-refractivity contribution >= 4 is 23.2 Å². The molecule has 0 radical (unpaired) electrons. The first-order valence-electron chi connectivity index (χ1n) is 11.0. The molecular formula is C24H31N3O3S. The van der Waals surface area contributed by atoms with Crippen LogP contribution in [-0.2, 0) is 24.3 Å². The standard InChI is InChI=1S/C24H31N3O3S/c1-17(2)16-27-11-8-21(9-12-27)31(29)20-5-3-18(4-6-20)14-26-24(28)22-13-19-7-10-25-15-23(19)30-22/h3-7,10,13,17,21,25H,8-9,11-12,14-16H2,1-2H3,(H,26,28). The Morgan fingerprint density at radius 1 is 1.29 bits per heavy atom. The second-order valence-corrected chi connectivity index (χ2v) is 10.5. The highest BCUT2D eigenvalue weighted by atomic mass is 32.2. The minimum atomic E-state index is -0.986. The number of hydrogen-bond donors (Lipinski definition) is 2. The van der Waals surface area contributed by atoms with Gasteiger partial charge in [0, 0.05) is 44.6 Å². The lowest BCUT2D eigenvalue weighted by molar-refractivity contribution is 0.0921. The van der Waals surface area contributed by atoms with Gasteiger partial charge in [-0.1, -0.05) is 26.0 Å². The molecule has 6 nitrogen and oxygen atoms in total. The number of carbonyl (C=O) groups is 1. The van der Waals surface area contributed by atoms with Gasteiger partial charge in [-0.2, -0.15) is 0 Å². The number of furan rings is 1. The Bertz CT molecular complexity index is 915. The summed E-state index contributed by atoms with van der Waals surface area (Å²) in [5.74, 6) is 1.53. The Hall–Kier alpha value is -2.22. The van der Waals surface area contributed by atoms with E-state index in [1.807, 2.05) is 36.5 Å². The van der Waals surface area contributed by atoms with Gasteiger partial charge in [0.25, 0.3) is 5.91 Å². The molecule has 1 unspecified atom stereocenters. The topological polar surface area (TPSA) is 80.6 Å². The summed E-state index contributed by atoms with van der Waals surface area (Å²) in [5, 5.41) is 6.19. The van der Waals surface area contributed by atoms with Gasteiger partial charge in [0.2, 0.25) is 0 Å². The Morgan fingerprint density at radius 2 is 2.03 bits per heavy atom. The molecule has 0 saturated carbocycles.